The fourth-order valence-corrected chi connectivity index (χ4v) is 1.20. The number of nitrogens with one attached hydrogen (secondary N) is 1. The quantitative estimate of drug-likeness (QED) is 0.822. The second-order valence-corrected chi connectivity index (χ2v) is 2.97. The first-order chi connectivity index (χ1) is 7.38. The van der Waals surface area contributed by atoms with E-state index in [1.807, 2.05) is 24.3 Å². The van der Waals surface area contributed by atoms with Crippen molar-refractivity contribution in [2.75, 3.05) is 5.32 Å². The fourth-order valence-electron chi connectivity index (χ4n) is 1.20. The van der Waals surface area contributed by atoms with Crippen molar-refractivity contribution in [3.05, 3.63) is 48.2 Å². The summed E-state index contributed by atoms with van der Waals surface area (Å²) in [4.78, 5) is 3.88. The van der Waals surface area contributed by atoms with Gasteiger partial charge >= 0.3 is 0 Å². The van der Waals surface area contributed by atoms with Gasteiger partial charge in [0.1, 0.15) is 17.5 Å². The Bertz CT molecular complexity index is 471. The monoisotopic (exact) mass is 199 g/mol. The smallest absolute Gasteiger partial charge is 0.142 e. The van der Waals surface area contributed by atoms with Crippen LogP contribution in [0, 0.1) is 11.3 Å². The van der Waals surface area contributed by atoms with Crippen molar-refractivity contribution in [3.8, 4) is 6.07 Å². The predicted molar refractivity (Wildman–Crippen MR) is 55.0 cm³/mol. The molecule has 0 amide bonds. The van der Waals surface area contributed by atoms with Crippen molar-refractivity contribution < 1.29 is 4.42 Å². The van der Waals surface area contributed by atoms with E-state index in [2.05, 4.69) is 10.3 Å². The molecule has 15 heavy (non-hydrogen) atoms. The molecule has 0 spiro atoms. The second kappa shape index (κ2) is 4.29. The number of nitrogens with zero attached hydrogens (tertiary/aromatic N) is 2. The Kier molecular flexibility index (Phi) is 2.65. The Morgan fingerprint density at radius 2 is 2.40 bits per heavy atom. The van der Waals surface area contributed by atoms with Crippen molar-refractivity contribution >= 4 is 5.69 Å². The summed E-state index contributed by atoms with van der Waals surface area (Å²) in [6.07, 6.45) is 3.23. The normalized spacial score (nSPS) is 9.53. The molecule has 1 N–H and O–H groups in total. The number of nitriles is 1. The van der Waals surface area contributed by atoms with Gasteiger partial charge in [-0.15, -0.1) is 0 Å². The number of hydrogen-bond acceptors (Lipinski definition) is 4. The molecule has 0 saturated carbocycles. The Morgan fingerprint density at radius 3 is 3.13 bits per heavy atom. The lowest BCUT2D eigenvalue weighted by molar-refractivity contribution is 0.518. The van der Waals surface area contributed by atoms with Crippen molar-refractivity contribution in [3.63, 3.8) is 0 Å². The van der Waals surface area contributed by atoms with E-state index in [1.165, 1.54) is 0 Å². The van der Waals surface area contributed by atoms with E-state index in [4.69, 9.17) is 9.68 Å². The number of pyridine rings is 1. The zero-order chi connectivity index (χ0) is 10.5. The first-order valence-electron chi connectivity index (χ1n) is 4.51. The Labute approximate surface area is 87.2 Å². The van der Waals surface area contributed by atoms with E-state index in [1.54, 1.807) is 18.5 Å². The van der Waals surface area contributed by atoms with E-state index < -0.39 is 0 Å². The molecule has 0 unspecified atom stereocenters. The molecule has 2 aromatic heterocycles. The van der Waals surface area contributed by atoms with Crippen molar-refractivity contribution in [2.24, 2.45) is 0 Å². The maximum Gasteiger partial charge on any atom is 0.142 e. The lowest BCUT2D eigenvalue weighted by Crippen LogP contribution is -1.98. The summed E-state index contributed by atoms with van der Waals surface area (Å²) in [5.41, 5.74) is 1.26. The first kappa shape index (κ1) is 9.28. The molecule has 4 nitrogen and oxygen atoms in total. The summed E-state index contributed by atoms with van der Waals surface area (Å²) in [6, 6.07) is 9.22. The van der Waals surface area contributed by atoms with Gasteiger partial charge in [-0.2, -0.15) is 5.26 Å². The molecule has 2 aromatic rings. The minimum absolute atomic E-state index is 0.402. The molecule has 0 aliphatic heterocycles. The highest BCUT2D eigenvalue weighted by Crippen LogP contribution is 2.09. The molecule has 4 heteroatoms. The molecule has 0 fully saturated rings. The van der Waals surface area contributed by atoms with Crippen LogP contribution >= 0.6 is 0 Å². The van der Waals surface area contributed by atoms with Gasteiger partial charge in [0, 0.05) is 11.9 Å². The lowest BCUT2D eigenvalue weighted by Gasteiger charge is -2.03. The average Bonchev–Trinajstić information content (AvgIpc) is 2.79. The van der Waals surface area contributed by atoms with Gasteiger partial charge in [0.2, 0.25) is 0 Å². The van der Waals surface area contributed by atoms with Crippen molar-refractivity contribution in [1.82, 2.24) is 4.98 Å². The zero-order valence-corrected chi connectivity index (χ0v) is 7.97. The minimum Gasteiger partial charge on any atom is -0.467 e. The maximum absolute atomic E-state index is 8.66. The number of furan rings is 1. The lowest BCUT2D eigenvalue weighted by atomic mass is 10.3. The fraction of sp³-hybridized carbons (Fsp3) is 0.0909. The molecule has 0 bridgehead atoms. The molecule has 0 saturated heterocycles. The molecule has 0 radical (unpaired) electrons. The van der Waals surface area contributed by atoms with Gasteiger partial charge in [-0.25, -0.2) is 4.98 Å². The summed E-state index contributed by atoms with van der Waals surface area (Å²) in [6.45, 7) is 0.599. The summed E-state index contributed by atoms with van der Waals surface area (Å²) in [5.74, 6) is 0.852. The minimum atomic E-state index is 0.402. The summed E-state index contributed by atoms with van der Waals surface area (Å²) >= 11 is 0. The Hall–Kier alpha value is -2.28. The van der Waals surface area contributed by atoms with Gasteiger partial charge < -0.3 is 9.73 Å². The SMILES string of the molecule is N#Cc1cc(NCc2ccco2)ccn1. The number of aromatic nitrogens is 1. The van der Waals surface area contributed by atoms with Crippen molar-refractivity contribution in [2.45, 2.75) is 6.54 Å². The predicted octanol–water partition coefficient (Wildman–Crippen LogP) is 2.16. The summed E-state index contributed by atoms with van der Waals surface area (Å²) < 4.78 is 5.17. The van der Waals surface area contributed by atoms with Gasteiger partial charge in [0.05, 0.1) is 12.8 Å². The zero-order valence-electron chi connectivity index (χ0n) is 7.97. The number of rotatable bonds is 3. The second-order valence-electron chi connectivity index (χ2n) is 2.97. The van der Waals surface area contributed by atoms with Crippen LogP contribution in [-0.4, -0.2) is 4.98 Å². The van der Waals surface area contributed by atoms with Gasteiger partial charge in [-0.1, -0.05) is 0 Å². The van der Waals surface area contributed by atoms with Gasteiger partial charge in [-0.05, 0) is 24.3 Å². The van der Waals surface area contributed by atoms with E-state index in [0.29, 0.717) is 12.2 Å². The van der Waals surface area contributed by atoms with Gasteiger partial charge in [0.25, 0.3) is 0 Å². The molecule has 0 atom stereocenters. The summed E-state index contributed by atoms with van der Waals surface area (Å²) in [5, 5.41) is 11.8. The van der Waals surface area contributed by atoms with Crippen LogP contribution in [0.5, 0.6) is 0 Å². The molecule has 74 valence electrons. The third kappa shape index (κ3) is 2.35. The van der Waals surface area contributed by atoms with Crippen LogP contribution in [0.3, 0.4) is 0 Å². The van der Waals surface area contributed by atoms with Crippen LogP contribution in [0.1, 0.15) is 11.5 Å². The van der Waals surface area contributed by atoms with Gasteiger partial charge in [-0.3, -0.25) is 0 Å². The van der Waals surface area contributed by atoms with E-state index in [0.717, 1.165) is 11.4 Å². The van der Waals surface area contributed by atoms with Crippen LogP contribution in [0.25, 0.3) is 0 Å². The van der Waals surface area contributed by atoms with E-state index in [9.17, 15) is 0 Å². The maximum atomic E-state index is 8.66. The highest BCUT2D eigenvalue weighted by Gasteiger charge is 1.97. The first-order valence-corrected chi connectivity index (χ1v) is 4.51. The largest absolute Gasteiger partial charge is 0.467 e. The van der Waals surface area contributed by atoms with Crippen LogP contribution < -0.4 is 5.32 Å². The molecule has 2 rings (SSSR count). The molecular formula is C11H9N3O. The average molecular weight is 199 g/mol. The molecule has 2 heterocycles. The van der Waals surface area contributed by atoms with Crippen LogP contribution in [-0.2, 0) is 6.54 Å². The van der Waals surface area contributed by atoms with Gasteiger partial charge in [0.15, 0.2) is 0 Å². The molecule has 0 aliphatic rings. The highest BCUT2D eigenvalue weighted by molar-refractivity contribution is 5.45. The Morgan fingerprint density at radius 1 is 1.47 bits per heavy atom. The number of hydrogen-bond donors (Lipinski definition) is 1. The Balaban J connectivity index is 2.02. The summed E-state index contributed by atoms with van der Waals surface area (Å²) in [7, 11) is 0. The molecular weight excluding hydrogens is 190 g/mol. The van der Waals surface area contributed by atoms with E-state index in [-0.39, 0.29) is 0 Å². The molecule has 0 aromatic carbocycles. The number of anilines is 1. The molecule has 0 aliphatic carbocycles. The topological polar surface area (TPSA) is 61.9 Å². The van der Waals surface area contributed by atoms with Crippen LogP contribution in [0.2, 0.25) is 0 Å². The van der Waals surface area contributed by atoms with E-state index >= 15 is 0 Å². The third-order valence-electron chi connectivity index (χ3n) is 1.92. The highest BCUT2D eigenvalue weighted by atomic mass is 16.3. The van der Waals surface area contributed by atoms with Crippen LogP contribution in [0.4, 0.5) is 5.69 Å². The van der Waals surface area contributed by atoms with Crippen LogP contribution in [0.15, 0.2) is 41.1 Å². The standard InChI is InChI=1S/C11H9N3O/c12-7-10-6-9(3-4-13-10)14-8-11-2-1-5-15-11/h1-6H,8H2,(H,13,14). The third-order valence-corrected chi connectivity index (χ3v) is 1.92. The van der Waals surface area contributed by atoms with Crippen molar-refractivity contribution in [1.29, 1.82) is 5.26 Å².